The van der Waals surface area contributed by atoms with Crippen LogP contribution in [-0.2, 0) is 6.61 Å². The zero-order valence-electron chi connectivity index (χ0n) is 17.1. The Morgan fingerprint density at radius 3 is 2.39 bits per heavy atom. The monoisotopic (exact) mass is 532 g/mol. The van der Waals surface area contributed by atoms with E-state index in [4.69, 9.17) is 14.2 Å². The van der Waals surface area contributed by atoms with Crippen molar-refractivity contribution in [3.05, 3.63) is 85.5 Å². The molecule has 160 valence electrons. The van der Waals surface area contributed by atoms with Crippen LogP contribution < -0.4 is 14.2 Å². The third kappa shape index (κ3) is 6.17. The number of nitro benzene ring substituents is 1. The lowest BCUT2D eigenvalue weighted by atomic mass is 10.2. The summed E-state index contributed by atoms with van der Waals surface area (Å²) in [4.78, 5) is 14.9. The average Bonchev–Trinajstić information content (AvgIpc) is 2.78. The highest BCUT2D eigenvalue weighted by Gasteiger charge is 2.13. The van der Waals surface area contributed by atoms with Crippen LogP contribution in [0.3, 0.4) is 0 Å². The Morgan fingerprint density at radius 1 is 1.06 bits per heavy atom. The second-order valence-corrected chi connectivity index (χ2v) is 7.59. The van der Waals surface area contributed by atoms with Crippen LogP contribution in [0.4, 0.5) is 11.4 Å². The SMILES string of the molecule is CCOc1cc(C=Nc2ccc(OC)cc2)cc(I)c1OCc1ccc([N+](=O)[O-])cc1. The molecule has 8 heteroatoms. The van der Waals surface area contributed by atoms with Crippen molar-refractivity contribution in [2.24, 2.45) is 4.99 Å². The Kier molecular flexibility index (Phi) is 7.82. The van der Waals surface area contributed by atoms with Crippen LogP contribution in [0.5, 0.6) is 17.2 Å². The third-order valence-electron chi connectivity index (χ3n) is 4.30. The van der Waals surface area contributed by atoms with Crippen molar-refractivity contribution in [1.29, 1.82) is 0 Å². The van der Waals surface area contributed by atoms with Crippen molar-refractivity contribution in [1.82, 2.24) is 0 Å². The van der Waals surface area contributed by atoms with E-state index in [2.05, 4.69) is 27.6 Å². The highest BCUT2D eigenvalue weighted by Crippen LogP contribution is 2.35. The highest BCUT2D eigenvalue weighted by molar-refractivity contribution is 14.1. The van der Waals surface area contributed by atoms with Gasteiger partial charge in [-0.15, -0.1) is 0 Å². The van der Waals surface area contributed by atoms with Crippen molar-refractivity contribution in [3.63, 3.8) is 0 Å². The summed E-state index contributed by atoms with van der Waals surface area (Å²) >= 11 is 2.20. The quantitative estimate of drug-likeness (QED) is 0.148. The van der Waals surface area contributed by atoms with Gasteiger partial charge in [-0.2, -0.15) is 0 Å². The molecule has 0 unspecified atom stereocenters. The molecule has 0 spiro atoms. The van der Waals surface area contributed by atoms with Gasteiger partial charge in [0.1, 0.15) is 12.4 Å². The third-order valence-corrected chi connectivity index (χ3v) is 5.10. The fraction of sp³-hybridized carbons (Fsp3) is 0.174. The van der Waals surface area contributed by atoms with E-state index in [1.165, 1.54) is 12.1 Å². The Bertz CT molecular complexity index is 1070. The van der Waals surface area contributed by atoms with Gasteiger partial charge < -0.3 is 14.2 Å². The first-order chi connectivity index (χ1) is 15.0. The van der Waals surface area contributed by atoms with Gasteiger partial charge in [0.2, 0.25) is 0 Å². The van der Waals surface area contributed by atoms with E-state index in [1.807, 2.05) is 43.3 Å². The number of benzene rings is 3. The summed E-state index contributed by atoms with van der Waals surface area (Å²) in [6, 6.07) is 17.6. The molecular formula is C23H21IN2O5. The number of methoxy groups -OCH3 is 1. The van der Waals surface area contributed by atoms with E-state index < -0.39 is 4.92 Å². The van der Waals surface area contributed by atoms with Gasteiger partial charge in [0.25, 0.3) is 5.69 Å². The minimum atomic E-state index is -0.424. The van der Waals surface area contributed by atoms with Gasteiger partial charge in [0.05, 0.1) is 27.9 Å². The summed E-state index contributed by atoms with van der Waals surface area (Å²) < 4.78 is 17.8. The summed E-state index contributed by atoms with van der Waals surface area (Å²) in [5, 5.41) is 10.8. The zero-order valence-corrected chi connectivity index (χ0v) is 19.2. The van der Waals surface area contributed by atoms with Crippen LogP contribution in [0, 0.1) is 13.7 Å². The number of nitro groups is 1. The smallest absolute Gasteiger partial charge is 0.269 e. The molecule has 0 amide bonds. The van der Waals surface area contributed by atoms with E-state index in [9.17, 15) is 10.1 Å². The lowest BCUT2D eigenvalue weighted by Gasteiger charge is -2.14. The molecule has 0 aliphatic carbocycles. The highest BCUT2D eigenvalue weighted by atomic mass is 127. The van der Waals surface area contributed by atoms with Crippen LogP contribution >= 0.6 is 22.6 Å². The second kappa shape index (κ2) is 10.8. The van der Waals surface area contributed by atoms with Crippen LogP contribution in [0.25, 0.3) is 0 Å². The maximum atomic E-state index is 10.8. The number of aliphatic imine (C=N–C) groups is 1. The Labute approximate surface area is 194 Å². The summed E-state index contributed by atoms with van der Waals surface area (Å²) in [6.45, 7) is 2.67. The summed E-state index contributed by atoms with van der Waals surface area (Å²) in [5.41, 5.74) is 2.57. The minimum absolute atomic E-state index is 0.0498. The molecule has 0 saturated carbocycles. The van der Waals surface area contributed by atoms with E-state index >= 15 is 0 Å². The van der Waals surface area contributed by atoms with Gasteiger partial charge in [0.15, 0.2) is 11.5 Å². The molecule has 3 rings (SSSR count). The first-order valence-corrected chi connectivity index (χ1v) is 10.6. The average molecular weight is 532 g/mol. The Balaban J connectivity index is 1.77. The molecule has 0 N–H and O–H groups in total. The Morgan fingerprint density at radius 2 is 1.77 bits per heavy atom. The lowest BCUT2D eigenvalue weighted by Crippen LogP contribution is -2.02. The molecule has 3 aromatic carbocycles. The number of non-ortho nitro benzene ring substituents is 1. The number of hydrogen-bond donors (Lipinski definition) is 0. The van der Waals surface area contributed by atoms with Crippen molar-refractivity contribution >= 4 is 40.2 Å². The number of hydrogen-bond acceptors (Lipinski definition) is 6. The van der Waals surface area contributed by atoms with Gasteiger partial charge >= 0.3 is 0 Å². The van der Waals surface area contributed by atoms with Crippen LogP contribution in [0.15, 0.2) is 65.7 Å². The molecule has 0 aromatic heterocycles. The van der Waals surface area contributed by atoms with Gasteiger partial charge in [-0.1, -0.05) is 0 Å². The summed E-state index contributed by atoms with van der Waals surface area (Å²) in [5.74, 6) is 2.02. The first-order valence-electron chi connectivity index (χ1n) is 9.50. The molecular weight excluding hydrogens is 511 g/mol. The number of nitrogens with zero attached hydrogens (tertiary/aromatic N) is 2. The maximum Gasteiger partial charge on any atom is 0.269 e. The van der Waals surface area contributed by atoms with Crippen molar-refractivity contribution in [3.8, 4) is 17.2 Å². The van der Waals surface area contributed by atoms with E-state index in [0.717, 1.165) is 26.1 Å². The molecule has 0 fully saturated rings. The van der Waals surface area contributed by atoms with Crippen LogP contribution in [-0.4, -0.2) is 24.9 Å². The molecule has 0 saturated heterocycles. The molecule has 0 bridgehead atoms. The second-order valence-electron chi connectivity index (χ2n) is 6.43. The molecule has 0 aliphatic heterocycles. The molecule has 3 aromatic rings. The largest absolute Gasteiger partial charge is 0.497 e. The predicted molar refractivity (Wildman–Crippen MR) is 128 cm³/mol. The summed E-state index contributed by atoms with van der Waals surface area (Å²) in [6.07, 6.45) is 1.77. The first kappa shape index (κ1) is 22.5. The fourth-order valence-corrected chi connectivity index (χ4v) is 3.53. The lowest BCUT2D eigenvalue weighted by molar-refractivity contribution is -0.384. The zero-order chi connectivity index (χ0) is 22.2. The minimum Gasteiger partial charge on any atom is -0.497 e. The number of rotatable bonds is 9. The number of ether oxygens (including phenoxy) is 3. The van der Waals surface area contributed by atoms with Crippen LogP contribution in [0.2, 0.25) is 0 Å². The van der Waals surface area contributed by atoms with E-state index in [-0.39, 0.29) is 12.3 Å². The summed E-state index contributed by atoms with van der Waals surface area (Å²) in [7, 11) is 1.63. The van der Waals surface area contributed by atoms with Crippen molar-refractivity contribution in [2.75, 3.05) is 13.7 Å². The number of halogens is 1. The molecule has 0 heterocycles. The predicted octanol–water partition coefficient (Wildman–Crippen LogP) is 5.94. The molecule has 0 atom stereocenters. The molecule has 31 heavy (non-hydrogen) atoms. The molecule has 0 aliphatic rings. The van der Waals surface area contributed by atoms with Gasteiger partial charge in [-0.3, -0.25) is 15.1 Å². The van der Waals surface area contributed by atoms with Crippen LogP contribution in [0.1, 0.15) is 18.1 Å². The van der Waals surface area contributed by atoms with E-state index in [0.29, 0.717) is 18.1 Å². The Hall–Kier alpha value is -3.14. The normalized spacial score (nSPS) is 10.8. The van der Waals surface area contributed by atoms with Crippen molar-refractivity contribution < 1.29 is 19.1 Å². The standard InChI is InChI=1S/C23H21IN2O5/c1-3-30-22-13-17(14-25-18-6-10-20(29-2)11-7-18)12-21(24)23(22)31-15-16-4-8-19(9-5-16)26(27)28/h4-14H,3,15H2,1-2H3. The maximum absolute atomic E-state index is 10.8. The fourth-order valence-electron chi connectivity index (χ4n) is 2.75. The molecule has 0 radical (unpaired) electrons. The topological polar surface area (TPSA) is 83.2 Å². The van der Waals surface area contributed by atoms with Crippen molar-refractivity contribution in [2.45, 2.75) is 13.5 Å². The van der Waals surface area contributed by atoms with Gasteiger partial charge in [0, 0.05) is 18.3 Å². The van der Waals surface area contributed by atoms with E-state index in [1.54, 1.807) is 25.5 Å². The van der Waals surface area contributed by atoms with Gasteiger partial charge in [-0.05, 0) is 89.2 Å². The van der Waals surface area contributed by atoms with Gasteiger partial charge in [-0.25, -0.2) is 0 Å². The molecule has 7 nitrogen and oxygen atoms in total.